The van der Waals surface area contributed by atoms with Crippen LogP contribution in [0.25, 0.3) is 17.0 Å². The molecular weight excluding hydrogens is 438 g/mol. The highest BCUT2D eigenvalue weighted by atomic mass is 15.6. The van der Waals surface area contributed by atoms with Gasteiger partial charge in [-0.05, 0) is 51.4 Å². The summed E-state index contributed by atoms with van der Waals surface area (Å²) in [7, 11) is 3.99. The highest BCUT2D eigenvalue weighted by Gasteiger charge is 2.23. The highest BCUT2D eigenvalue weighted by molar-refractivity contribution is 5.82. The van der Waals surface area contributed by atoms with Gasteiger partial charge in [0.2, 0.25) is 0 Å². The topological polar surface area (TPSA) is 108 Å². The highest BCUT2D eigenvalue weighted by Crippen LogP contribution is 2.30. The molecule has 2 aromatic heterocycles. The lowest BCUT2D eigenvalue weighted by atomic mass is 10.1. The first-order valence-corrected chi connectivity index (χ1v) is 11.4. The SMILES string of the molecule is Cc1cccc(-c2[nH]c(CNc3cccc(C#N)c3CN(C)C)nc2C2=CN3N=CNC3C=C2)n1. The summed E-state index contributed by atoms with van der Waals surface area (Å²) in [6, 6.07) is 14.0. The number of hydrazone groups is 1. The van der Waals surface area contributed by atoms with Crippen LogP contribution in [0.2, 0.25) is 0 Å². The van der Waals surface area contributed by atoms with Gasteiger partial charge >= 0.3 is 0 Å². The second kappa shape index (κ2) is 9.44. The number of nitrogens with one attached hydrogen (secondary N) is 3. The second-order valence-corrected chi connectivity index (χ2v) is 8.79. The lowest BCUT2D eigenvalue weighted by Gasteiger charge is -2.21. The molecule has 1 aromatic carbocycles. The summed E-state index contributed by atoms with van der Waals surface area (Å²) in [4.78, 5) is 15.2. The molecule has 0 aliphatic carbocycles. The fourth-order valence-electron chi connectivity index (χ4n) is 4.21. The largest absolute Gasteiger partial charge is 0.378 e. The molecule has 0 saturated carbocycles. The van der Waals surface area contributed by atoms with E-state index in [9.17, 15) is 5.26 Å². The zero-order valence-corrected chi connectivity index (χ0v) is 19.9. The van der Waals surface area contributed by atoms with E-state index >= 15 is 0 Å². The quantitative estimate of drug-likeness (QED) is 0.491. The van der Waals surface area contributed by atoms with E-state index in [1.54, 1.807) is 6.34 Å². The number of hydrogen-bond acceptors (Lipinski definition) is 8. The molecular formula is C26H27N9. The van der Waals surface area contributed by atoms with Crippen molar-refractivity contribution in [3.63, 3.8) is 0 Å². The van der Waals surface area contributed by atoms with Gasteiger partial charge in [0.1, 0.15) is 18.3 Å². The molecule has 0 bridgehead atoms. The van der Waals surface area contributed by atoms with Gasteiger partial charge < -0.3 is 20.5 Å². The third-order valence-corrected chi connectivity index (χ3v) is 5.84. The number of imidazole rings is 1. The number of H-pyrrole nitrogens is 1. The molecule has 0 spiro atoms. The van der Waals surface area contributed by atoms with E-state index in [-0.39, 0.29) is 6.17 Å². The van der Waals surface area contributed by atoms with Crippen molar-refractivity contribution in [3.8, 4) is 17.5 Å². The summed E-state index contributed by atoms with van der Waals surface area (Å²) in [5, 5.41) is 22.5. The normalized spacial score (nSPS) is 16.1. The molecule has 35 heavy (non-hydrogen) atoms. The maximum absolute atomic E-state index is 9.59. The first kappa shape index (κ1) is 22.4. The molecule has 0 fully saturated rings. The molecule has 2 aliphatic rings. The van der Waals surface area contributed by atoms with E-state index in [0.29, 0.717) is 18.7 Å². The van der Waals surface area contributed by atoms with Gasteiger partial charge in [-0.2, -0.15) is 10.4 Å². The number of aryl methyl sites for hydroxylation is 1. The van der Waals surface area contributed by atoms with Gasteiger partial charge in [0, 0.05) is 35.3 Å². The smallest absolute Gasteiger partial charge is 0.140 e. The standard InChI is InChI=1S/C26H27N9/c1-17-6-4-9-22(31-17)26-25(19-10-11-24-29-16-30-35(24)14-19)32-23(33-26)13-28-21-8-5-7-18(12-27)20(21)15-34(2)3/h4-11,14,16,24,28H,13,15H2,1-3H3,(H,29,30)(H,32,33). The maximum Gasteiger partial charge on any atom is 0.140 e. The fourth-order valence-corrected chi connectivity index (χ4v) is 4.21. The minimum atomic E-state index is 0.0295. The van der Waals surface area contributed by atoms with Crippen molar-refractivity contribution in [1.29, 1.82) is 5.26 Å². The lowest BCUT2D eigenvalue weighted by Crippen LogP contribution is -2.32. The van der Waals surface area contributed by atoms with Crippen LogP contribution in [0.1, 0.15) is 28.3 Å². The molecule has 2 aliphatic heterocycles. The Bertz CT molecular complexity index is 1370. The number of anilines is 1. The van der Waals surface area contributed by atoms with Crippen LogP contribution in [-0.2, 0) is 13.1 Å². The Morgan fingerprint density at radius 2 is 2.03 bits per heavy atom. The predicted molar refractivity (Wildman–Crippen MR) is 137 cm³/mol. The van der Waals surface area contributed by atoms with Gasteiger partial charge in [-0.25, -0.2) is 9.99 Å². The number of rotatable bonds is 7. The summed E-state index contributed by atoms with van der Waals surface area (Å²) in [5.41, 5.74) is 6.94. The van der Waals surface area contributed by atoms with Crippen molar-refractivity contribution in [3.05, 3.63) is 83.1 Å². The Morgan fingerprint density at radius 1 is 1.17 bits per heavy atom. The van der Waals surface area contributed by atoms with E-state index in [1.807, 2.05) is 68.6 Å². The molecule has 0 amide bonds. The molecule has 0 saturated heterocycles. The molecule has 5 rings (SSSR count). The number of nitriles is 1. The Balaban J connectivity index is 1.49. The molecule has 3 N–H and O–H groups in total. The molecule has 1 atom stereocenters. The molecule has 1 unspecified atom stereocenters. The third-order valence-electron chi connectivity index (χ3n) is 5.84. The van der Waals surface area contributed by atoms with E-state index in [1.165, 1.54) is 0 Å². The minimum Gasteiger partial charge on any atom is -0.378 e. The van der Waals surface area contributed by atoms with Crippen molar-refractivity contribution in [2.24, 2.45) is 5.10 Å². The zero-order chi connectivity index (χ0) is 24.4. The number of allylic oxidation sites excluding steroid dienone is 2. The first-order valence-electron chi connectivity index (χ1n) is 11.4. The van der Waals surface area contributed by atoms with E-state index in [0.717, 1.165) is 45.4 Å². The number of nitrogens with zero attached hydrogens (tertiary/aromatic N) is 6. The minimum absolute atomic E-state index is 0.0295. The van der Waals surface area contributed by atoms with Crippen LogP contribution >= 0.6 is 0 Å². The van der Waals surface area contributed by atoms with Crippen molar-refractivity contribution in [2.45, 2.75) is 26.2 Å². The Morgan fingerprint density at radius 3 is 2.83 bits per heavy atom. The summed E-state index contributed by atoms with van der Waals surface area (Å²) in [5.74, 6) is 0.774. The van der Waals surface area contributed by atoms with Gasteiger partial charge in [-0.15, -0.1) is 0 Å². The van der Waals surface area contributed by atoms with Crippen molar-refractivity contribution in [1.82, 2.24) is 30.2 Å². The summed E-state index contributed by atoms with van der Waals surface area (Å²) in [6.45, 7) is 3.11. The van der Waals surface area contributed by atoms with Crippen LogP contribution in [0, 0.1) is 18.3 Å². The molecule has 3 aromatic rings. The van der Waals surface area contributed by atoms with Crippen LogP contribution in [0.3, 0.4) is 0 Å². The van der Waals surface area contributed by atoms with E-state index in [2.05, 4.69) is 43.8 Å². The lowest BCUT2D eigenvalue weighted by molar-refractivity contribution is 0.351. The predicted octanol–water partition coefficient (Wildman–Crippen LogP) is 3.41. The number of aromatic nitrogens is 3. The van der Waals surface area contributed by atoms with Crippen LogP contribution in [0.5, 0.6) is 0 Å². The molecule has 4 heterocycles. The number of benzene rings is 1. The van der Waals surface area contributed by atoms with Gasteiger partial charge in [-0.1, -0.05) is 18.2 Å². The van der Waals surface area contributed by atoms with Gasteiger partial charge in [0.15, 0.2) is 0 Å². The average molecular weight is 466 g/mol. The van der Waals surface area contributed by atoms with Crippen LogP contribution in [0.4, 0.5) is 5.69 Å². The maximum atomic E-state index is 9.59. The summed E-state index contributed by atoms with van der Waals surface area (Å²) in [6.07, 6.45) is 7.82. The first-order chi connectivity index (χ1) is 17.0. The van der Waals surface area contributed by atoms with E-state index in [4.69, 9.17) is 9.97 Å². The summed E-state index contributed by atoms with van der Waals surface area (Å²) >= 11 is 0. The van der Waals surface area contributed by atoms with E-state index < -0.39 is 0 Å². The van der Waals surface area contributed by atoms with Crippen molar-refractivity contribution in [2.75, 3.05) is 19.4 Å². The number of pyridine rings is 1. The van der Waals surface area contributed by atoms with Crippen LogP contribution < -0.4 is 10.6 Å². The van der Waals surface area contributed by atoms with Crippen LogP contribution in [-0.4, -0.2) is 51.5 Å². The van der Waals surface area contributed by atoms with Gasteiger partial charge in [0.25, 0.3) is 0 Å². The van der Waals surface area contributed by atoms with Crippen molar-refractivity contribution < 1.29 is 0 Å². The molecule has 0 radical (unpaired) electrons. The van der Waals surface area contributed by atoms with Crippen LogP contribution in [0.15, 0.2) is 59.9 Å². The summed E-state index contributed by atoms with van der Waals surface area (Å²) < 4.78 is 0. The van der Waals surface area contributed by atoms with Crippen molar-refractivity contribution >= 4 is 17.6 Å². The number of hydrogen-bond donors (Lipinski definition) is 3. The number of aromatic amines is 1. The Kier molecular flexibility index (Phi) is 6.04. The van der Waals surface area contributed by atoms with Gasteiger partial charge in [-0.3, -0.25) is 4.98 Å². The fraction of sp³-hybridized carbons (Fsp3) is 0.231. The third kappa shape index (κ3) is 4.65. The Labute approximate surface area is 204 Å². The molecule has 9 heteroatoms. The molecule has 176 valence electrons. The van der Waals surface area contributed by atoms with Gasteiger partial charge in [0.05, 0.1) is 35.3 Å². The second-order valence-electron chi connectivity index (χ2n) is 8.79. The zero-order valence-electron chi connectivity index (χ0n) is 19.9. The number of fused-ring (bicyclic) bond motifs is 1. The average Bonchev–Trinajstić information content (AvgIpc) is 3.49. The monoisotopic (exact) mass is 465 g/mol. The Hall–Kier alpha value is -4.42. The molecule has 9 nitrogen and oxygen atoms in total.